The van der Waals surface area contributed by atoms with Crippen LogP contribution >= 0.6 is 0 Å². The third kappa shape index (κ3) is 4.04. The largest absolute Gasteiger partial charge is 0.368 e. The van der Waals surface area contributed by atoms with E-state index in [4.69, 9.17) is 5.73 Å². The fourth-order valence-corrected chi connectivity index (χ4v) is 2.53. The normalized spacial score (nSPS) is 17.5. The Balaban J connectivity index is 1.85. The van der Waals surface area contributed by atoms with Crippen LogP contribution in [-0.4, -0.2) is 53.8 Å². The summed E-state index contributed by atoms with van der Waals surface area (Å²) in [6, 6.07) is 7.78. The average molecular weight is 289 g/mol. The molecule has 5 nitrogen and oxygen atoms in total. The minimum absolute atomic E-state index is 0.144. The summed E-state index contributed by atoms with van der Waals surface area (Å²) in [4.78, 5) is 27.4. The van der Waals surface area contributed by atoms with Gasteiger partial charge in [-0.2, -0.15) is 0 Å². The summed E-state index contributed by atoms with van der Waals surface area (Å²) >= 11 is 0. The molecule has 1 atom stereocenters. The molecular formula is C16H23N3O2. The van der Waals surface area contributed by atoms with Crippen LogP contribution in [0.5, 0.6) is 0 Å². The van der Waals surface area contributed by atoms with Gasteiger partial charge in [0.25, 0.3) is 0 Å². The first-order valence-corrected chi connectivity index (χ1v) is 7.34. The second-order valence-corrected chi connectivity index (χ2v) is 5.66. The molecule has 114 valence electrons. The van der Waals surface area contributed by atoms with Gasteiger partial charge in [-0.15, -0.1) is 0 Å². The van der Waals surface area contributed by atoms with E-state index < -0.39 is 0 Å². The van der Waals surface area contributed by atoms with Crippen molar-refractivity contribution in [1.29, 1.82) is 0 Å². The van der Waals surface area contributed by atoms with E-state index in [-0.39, 0.29) is 17.9 Å². The van der Waals surface area contributed by atoms with Gasteiger partial charge in [-0.1, -0.05) is 29.8 Å². The third-order valence-electron chi connectivity index (χ3n) is 4.10. The lowest BCUT2D eigenvalue weighted by atomic mass is 10.1. The molecule has 1 heterocycles. The molecule has 0 unspecified atom stereocenters. The standard InChI is InChI=1S/C16H23N3O2/c1-12-3-5-14(6-4-12)11-15(20)19-9-7-18(8-10-19)13(2)16(17)21/h3-6,13H,7-11H2,1-2H3,(H2,17,21)/t13-/m0/s1. The van der Waals surface area contributed by atoms with E-state index in [9.17, 15) is 9.59 Å². The summed E-state index contributed by atoms with van der Waals surface area (Å²) in [5, 5.41) is 0. The Morgan fingerprint density at radius 3 is 2.24 bits per heavy atom. The van der Waals surface area contributed by atoms with Crippen molar-refractivity contribution in [3.63, 3.8) is 0 Å². The first-order chi connectivity index (χ1) is 9.97. The summed E-state index contributed by atoms with van der Waals surface area (Å²) in [5.74, 6) is -0.167. The lowest BCUT2D eigenvalue weighted by Gasteiger charge is -2.37. The van der Waals surface area contributed by atoms with Crippen molar-refractivity contribution in [2.24, 2.45) is 5.73 Å². The second-order valence-electron chi connectivity index (χ2n) is 5.66. The maximum atomic E-state index is 12.3. The SMILES string of the molecule is Cc1ccc(CC(=O)N2CCN([C@@H](C)C(N)=O)CC2)cc1. The Morgan fingerprint density at radius 2 is 1.71 bits per heavy atom. The van der Waals surface area contributed by atoms with E-state index in [2.05, 4.69) is 0 Å². The quantitative estimate of drug-likeness (QED) is 0.880. The predicted octanol–water partition coefficient (Wildman–Crippen LogP) is 0.556. The molecule has 21 heavy (non-hydrogen) atoms. The second kappa shape index (κ2) is 6.72. The highest BCUT2D eigenvalue weighted by atomic mass is 16.2. The zero-order valence-electron chi connectivity index (χ0n) is 12.7. The molecule has 1 saturated heterocycles. The molecule has 1 aliphatic rings. The van der Waals surface area contributed by atoms with Crippen LogP contribution in [-0.2, 0) is 16.0 Å². The number of amides is 2. The van der Waals surface area contributed by atoms with Gasteiger partial charge in [0.2, 0.25) is 11.8 Å². The Hall–Kier alpha value is -1.88. The molecular weight excluding hydrogens is 266 g/mol. The molecule has 0 radical (unpaired) electrons. The van der Waals surface area contributed by atoms with E-state index in [1.165, 1.54) is 5.56 Å². The van der Waals surface area contributed by atoms with Crippen LogP contribution in [0, 0.1) is 6.92 Å². The zero-order chi connectivity index (χ0) is 15.4. The van der Waals surface area contributed by atoms with Crippen LogP contribution in [0.2, 0.25) is 0 Å². The van der Waals surface area contributed by atoms with E-state index >= 15 is 0 Å². The van der Waals surface area contributed by atoms with Crippen LogP contribution in [0.25, 0.3) is 0 Å². The van der Waals surface area contributed by atoms with Crippen molar-refractivity contribution < 1.29 is 9.59 Å². The van der Waals surface area contributed by atoms with Crippen molar-refractivity contribution in [2.45, 2.75) is 26.3 Å². The number of benzene rings is 1. The highest BCUT2D eigenvalue weighted by Crippen LogP contribution is 2.10. The van der Waals surface area contributed by atoms with Crippen LogP contribution in [0.3, 0.4) is 0 Å². The zero-order valence-corrected chi connectivity index (χ0v) is 12.7. The number of aryl methyl sites for hydroxylation is 1. The highest BCUT2D eigenvalue weighted by molar-refractivity contribution is 5.80. The molecule has 2 amide bonds. The monoisotopic (exact) mass is 289 g/mol. The van der Waals surface area contributed by atoms with Gasteiger partial charge in [-0.25, -0.2) is 0 Å². The molecule has 0 spiro atoms. The van der Waals surface area contributed by atoms with E-state index in [1.54, 1.807) is 0 Å². The molecule has 5 heteroatoms. The lowest BCUT2D eigenvalue weighted by molar-refractivity contribution is -0.133. The van der Waals surface area contributed by atoms with Gasteiger partial charge in [-0.3, -0.25) is 14.5 Å². The van der Waals surface area contributed by atoms with Crippen LogP contribution in [0.1, 0.15) is 18.1 Å². The van der Waals surface area contributed by atoms with Gasteiger partial charge >= 0.3 is 0 Å². The van der Waals surface area contributed by atoms with Gasteiger partial charge < -0.3 is 10.6 Å². The maximum absolute atomic E-state index is 12.3. The van der Waals surface area contributed by atoms with Gasteiger partial charge in [0.15, 0.2) is 0 Å². The molecule has 0 saturated carbocycles. The number of carbonyl (C=O) groups is 2. The average Bonchev–Trinajstić information content (AvgIpc) is 2.49. The maximum Gasteiger partial charge on any atom is 0.234 e. The van der Waals surface area contributed by atoms with Gasteiger partial charge in [-0.05, 0) is 19.4 Å². The number of carbonyl (C=O) groups excluding carboxylic acids is 2. The number of primary amides is 1. The summed E-state index contributed by atoms with van der Waals surface area (Å²) in [6.45, 7) is 6.55. The molecule has 1 aromatic carbocycles. The Labute approximate surface area is 125 Å². The van der Waals surface area contributed by atoms with Crippen molar-refractivity contribution in [1.82, 2.24) is 9.80 Å². The van der Waals surface area contributed by atoms with Crippen molar-refractivity contribution in [3.8, 4) is 0 Å². The van der Waals surface area contributed by atoms with Gasteiger partial charge in [0.1, 0.15) is 0 Å². The van der Waals surface area contributed by atoms with Crippen LogP contribution in [0.15, 0.2) is 24.3 Å². The molecule has 1 aromatic rings. The summed E-state index contributed by atoms with van der Waals surface area (Å²) in [5.41, 5.74) is 7.55. The highest BCUT2D eigenvalue weighted by Gasteiger charge is 2.26. The van der Waals surface area contributed by atoms with E-state index in [0.29, 0.717) is 32.6 Å². The summed E-state index contributed by atoms with van der Waals surface area (Å²) < 4.78 is 0. The number of nitrogens with zero attached hydrogens (tertiary/aromatic N) is 2. The summed E-state index contributed by atoms with van der Waals surface area (Å²) in [6.07, 6.45) is 0.436. The Morgan fingerprint density at radius 1 is 1.14 bits per heavy atom. The number of hydrogen-bond acceptors (Lipinski definition) is 3. The van der Waals surface area contributed by atoms with Crippen molar-refractivity contribution in [2.75, 3.05) is 26.2 Å². The first-order valence-electron chi connectivity index (χ1n) is 7.34. The van der Waals surface area contributed by atoms with Crippen molar-refractivity contribution in [3.05, 3.63) is 35.4 Å². The molecule has 0 aromatic heterocycles. The van der Waals surface area contributed by atoms with Crippen LogP contribution < -0.4 is 5.73 Å². The molecule has 1 aliphatic heterocycles. The molecule has 2 rings (SSSR count). The van der Waals surface area contributed by atoms with E-state index in [1.807, 2.05) is 47.9 Å². The molecule has 2 N–H and O–H groups in total. The lowest BCUT2D eigenvalue weighted by Crippen LogP contribution is -2.54. The van der Waals surface area contributed by atoms with Gasteiger partial charge in [0.05, 0.1) is 12.5 Å². The fourth-order valence-electron chi connectivity index (χ4n) is 2.53. The minimum atomic E-state index is -0.311. The predicted molar refractivity (Wildman–Crippen MR) is 81.7 cm³/mol. The minimum Gasteiger partial charge on any atom is -0.368 e. The number of hydrogen-bond donors (Lipinski definition) is 1. The molecule has 0 aliphatic carbocycles. The fraction of sp³-hybridized carbons (Fsp3) is 0.500. The van der Waals surface area contributed by atoms with Crippen molar-refractivity contribution >= 4 is 11.8 Å². The smallest absolute Gasteiger partial charge is 0.234 e. The summed E-state index contributed by atoms with van der Waals surface area (Å²) in [7, 11) is 0. The molecule has 0 bridgehead atoms. The van der Waals surface area contributed by atoms with E-state index in [0.717, 1.165) is 5.56 Å². The number of rotatable bonds is 4. The molecule has 1 fully saturated rings. The van der Waals surface area contributed by atoms with Crippen LogP contribution in [0.4, 0.5) is 0 Å². The Bertz CT molecular complexity index is 505. The number of nitrogens with two attached hydrogens (primary N) is 1. The van der Waals surface area contributed by atoms with Gasteiger partial charge in [0, 0.05) is 26.2 Å². The first kappa shape index (κ1) is 15.5. The topological polar surface area (TPSA) is 66.6 Å². The Kier molecular flexibility index (Phi) is 4.96. The number of piperazine rings is 1. The third-order valence-corrected chi connectivity index (χ3v) is 4.10.